The van der Waals surface area contributed by atoms with Crippen molar-refractivity contribution in [2.45, 2.75) is 69.0 Å². The van der Waals surface area contributed by atoms with Gasteiger partial charge < -0.3 is 20.1 Å². The van der Waals surface area contributed by atoms with Crippen LogP contribution < -0.4 is 10.6 Å². The van der Waals surface area contributed by atoms with Crippen molar-refractivity contribution in [2.24, 2.45) is 0 Å². The number of nitrogens with zero attached hydrogens (tertiary/aromatic N) is 1. The van der Waals surface area contributed by atoms with Gasteiger partial charge in [0.15, 0.2) is 0 Å². The smallest absolute Gasteiger partial charge is 0.407 e. The summed E-state index contributed by atoms with van der Waals surface area (Å²) in [5, 5.41) is 9.23. The molecule has 40 heavy (non-hydrogen) atoms. The van der Waals surface area contributed by atoms with E-state index in [9.17, 15) is 18.0 Å². The van der Waals surface area contributed by atoms with E-state index in [4.69, 9.17) is 9.47 Å². The number of amides is 2. The average Bonchev–Trinajstić information content (AvgIpc) is 3.61. The van der Waals surface area contributed by atoms with E-state index in [-0.39, 0.29) is 23.9 Å². The van der Waals surface area contributed by atoms with Gasteiger partial charge in [0.2, 0.25) is 0 Å². The maximum absolute atomic E-state index is 13.5. The number of sulfonamides is 1. The van der Waals surface area contributed by atoms with Gasteiger partial charge >= 0.3 is 12.2 Å². The highest BCUT2D eigenvalue weighted by Crippen LogP contribution is 2.25. The number of carbonyl (C=O) groups excluding carboxylic acids is 2. The van der Waals surface area contributed by atoms with Crippen molar-refractivity contribution in [1.82, 2.24) is 14.9 Å². The Hall–Kier alpha value is -2.93. The van der Waals surface area contributed by atoms with Crippen LogP contribution in [0.1, 0.15) is 50.5 Å². The molecule has 2 N–H and O–H groups in total. The number of hydrogen-bond donors (Lipinski definition) is 2. The quantitative estimate of drug-likeness (QED) is 0.218. The van der Waals surface area contributed by atoms with Crippen molar-refractivity contribution >= 4 is 44.9 Å². The van der Waals surface area contributed by atoms with E-state index < -0.39 is 33.9 Å². The molecule has 2 aromatic heterocycles. The molecular weight excluding hydrogens is 571 g/mol. The standard InChI is InChI=1S/C28H37N3O6S3/c1-28(2,3)37-27(33)30-23(13-7-8-16-29-26(32)36-21-22-11-5-4-6-12-22)19-31(20-24-14-9-17-38-24)40(34,35)25-15-10-18-39-25/h4-6,9-12,14-15,17-18,23H,7-8,13,16,19-21H2,1-3H3,(H,29,32)(H,30,33)/t23-/m0/s1. The molecule has 1 atom stereocenters. The normalized spacial score (nSPS) is 12.6. The lowest BCUT2D eigenvalue weighted by molar-refractivity contribution is 0.0494. The van der Waals surface area contributed by atoms with Crippen LogP contribution in [0.2, 0.25) is 0 Å². The van der Waals surface area contributed by atoms with Gasteiger partial charge in [-0.15, -0.1) is 22.7 Å². The Balaban J connectivity index is 1.60. The summed E-state index contributed by atoms with van der Waals surface area (Å²) in [4.78, 5) is 25.6. The molecule has 0 bridgehead atoms. The summed E-state index contributed by atoms with van der Waals surface area (Å²) in [6.07, 6.45) is 0.628. The second-order valence-electron chi connectivity index (χ2n) is 10.1. The molecule has 0 unspecified atom stereocenters. The molecular formula is C28H37N3O6S3. The Morgan fingerprint density at radius 1 is 0.950 bits per heavy atom. The number of thiophene rings is 2. The van der Waals surface area contributed by atoms with Crippen LogP contribution in [0.5, 0.6) is 0 Å². The van der Waals surface area contributed by atoms with E-state index in [0.717, 1.165) is 21.8 Å². The van der Waals surface area contributed by atoms with Crippen molar-refractivity contribution in [2.75, 3.05) is 13.1 Å². The zero-order valence-electron chi connectivity index (χ0n) is 23.0. The Morgan fingerprint density at radius 3 is 2.33 bits per heavy atom. The first-order chi connectivity index (χ1) is 19.0. The van der Waals surface area contributed by atoms with Gasteiger partial charge in [0.25, 0.3) is 10.0 Å². The topological polar surface area (TPSA) is 114 Å². The number of rotatable bonds is 14. The molecule has 0 radical (unpaired) electrons. The molecule has 0 aliphatic rings. The number of alkyl carbamates (subject to hydrolysis) is 2. The molecule has 3 aromatic rings. The van der Waals surface area contributed by atoms with Gasteiger partial charge in [0, 0.05) is 30.6 Å². The zero-order valence-corrected chi connectivity index (χ0v) is 25.4. The lowest BCUT2D eigenvalue weighted by Crippen LogP contribution is -2.46. The fourth-order valence-corrected chi connectivity index (χ4v) is 7.18. The Labute approximate surface area is 244 Å². The maximum Gasteiger partial charge on any atom is 0.407 e. The van der Waals surface area contributed by atoms with E-state index in [1.807, 2.05) is 47.8 Å². The highest BCUT2D eigenvalue weighted by molar-refractivity contribution is 7.91. The second kappa shape index (κ2) is 15.2. The minimum absolute atomic E-state index is 0.0733. The first kappa shape index (κ1) is 31.6. The molecule has 12 heteroatoms. The average molecular weight is 608 g/mol. The fourth-order valence-electron chi connectivity index (χ4n) is 3.77. The molecule has 3 rings (SSSR count). The molecule has 2 amide bonds. The van der Waals surface area contributed by atoms with Crippen molar-refractivity contribution in [1.29, 1.82) is 0 Å². The van der Waals surface area contributed by atoms with Gasteiger partial charge in [0.1, 0.15) is 16.4 Å². The van der Waals surface area contributed by atoms with Crippen LogP contribution >= 0.6 is 22.7 Å². The van der Waals surface area contributed by atoms with Crippen LogP contribution in [0.3, 0.4) is 0 Å². The van der Waals surface area contributed by atoms with E-state index in [0.29, 0.717) is 25.8 Å². The number of ether oxygens (including phenoxy) is 2. The third-order valence-electron chi connectivity index (χ3n) is 5.61. The zero-order chi connectivity index (χ0) is 29.0. The minimum atomic E-state index is -3.78. The predicted octanol–water partition coefficient (Wildman–Crippen LogP) is 5.99. The van der Waals surface area contributed by atoms with E-state index >= 15 is 0 Å². The van der Waals surface area contributed by atoms with Crippen LogP contribution in [0.25, 0.3) is 0 Å². The summed E-state index contributed by atoms with van der Waals surface area (Å²) in [5.41, 5.74) is 0.205. The monoisotopic (exact) mass is 607 g/mol. The van der Waals surface area contributed by atoms with Crippen molar-refractivity contribution in [3.8, 4) is 0 Å². The van der Waals surface area contributed by atoms with E-state index in [2.05, 4.69) is 10.6 Å². The number of carbonyl (C=O) groups is 2. The summed E-state index contributed by atoms with van der Waals surface area (Å²) in [5.74, 6) is 0. The predicted molar refractivity (Wildman–Crippen MR) is 158 cm³/mol. The van der Waals surface area contributed by atoms with E-state index in [1.165, 1.54) is 15.6 Å². The van der Waals surface area contributed by atoms with Gasteiger partial charge in [-0.1, -0.05) is 42.5 Å². The maximum atomic E-state index is 13.5. The molecule has 9 nitrogen and oxygen atoms in total. The van der Waals surface area contributed by atoms with Gasteiger partial charge in [-0.25, -0.2) is 18.0 Å². The fraction of sp³-hybridized carbons (Fsp3) is 0.429. The Kier molecular flexibility index (Phi) is 12.0. The highest BCUT2D eigenvalue weighted by Gasteiger charge is 2.30. The van der Waals surface area contributed by atoms with Gasteiger partial charge in [-0.3, -0.25) is 0 Å². The third-order valence-corrected chi connectivity index (χ3v) is 9.65. The summed E-state index contributed by atoms with van der Waals surface area (Å²) >= 11 is 2.64. The number of benzene rings is 1. The largest absolute Gasteiger partial charge is 0.445 e. The van der Waals surface area contributed by atoms with Crippen LogP contribution in [-0.4, -0.2) is 49.6 Å². The number of unbranched alkanes of at least 4 members (excludes halogenated alkanes) is 1. The molecule has 1 aromatic carbocycles. The van der Waals surface area contributed by atoms with Gasteiger partial charge in [-0.05, 0) is 68.5 Å². The van der Waals surface area contributed by atoms with E-state index in [1.54, 1.807) is 38.3 Å². The van der Waals surface area contributed by atoms with Crippen molar-refractivity contribution in [3.05, 3.63) is 75.8 Å². The lowest BCUT2D eigenvalue weighted by atomic mass is 10.1. The molecule has 0 aliphatic carbocycles. The molecule has 218 valence electrons. The van der Waals surface area contributed by atoms with Crippen molar-refractivity contribution in [3.63, 3.8) is 0 Å². The Bertz CT molecular complexity index is 1270. The summed E-state index contributed by atoms with van der Waals surface area (Å²) in [6.45, 7) is 6.16. The molecule has 0 fully saturated rings. The molecule has 0 saturated carbocycles. The number of nitrogens with one attached hydrogen (secondary N) is 2. The first-order valence-electron chi connectivity index (χ1n) is 13.0. The lowest BCUT2D eigenvalue weighted by Gasteiger charge is -2.28. The van der Waals surface area contributed by atoms with Crippen molar-refractivity contribution < 1.29 is 27.5 Å². The molecule has 0 saturated heterocycles. The highest BCUT2D eigenvalue weighted by atomic mass is 32.2. The third kappa shape index (κ3) is 10.9. The van der Waals surface area contributed by atoms with Crippen LogP contribution in [-0.2, 0) is 32.6 Å². The van der Waals surface area contributed by atoms with Gasteiger partial charge in [-0.2, -0.15) is 4.31 Å². The second-order valence-corrected chi connectivity index (χ2v) is 14.3. The number of hydrogen-bond acceptors (Lipinski definition) is 8. The summed E-state index contributed by atoms with van der Waals surface area (Å²) in [7, 11) is -3.78. The molecule has 2 heterocycles. The van der Waals surface area contributed by atoms with Crippen LogP contribution in [0.4, 0.5) is 9.59 Å². The minimum Gasteiger partial charge on any atom is -0.445 e. The Morgan fingerprint density at radius 2 is 1.68 bits per heavy atom. The van der Waals surface area contributed by atoms with Crippen LogP contribution in [0, 0.1) is 0 Å². The van der Waals surface area contributed by atoms with Gasteiger partial charge in [0.05, 0.1) is 0 Å². The molecule has 0 spiro atoms. The molecule has 0 aliphatic heterocycles. The van der Waals surface area contributed by atoms with Crippen LogP contribution in [0.15, 0.2) is 69.6 Å². The SMILES string of the molecule is CC(C)(C)OC(=O)N[C@@H](CCCCNC(=O)OCc1ccccc1)CN(Cc1cccs1)S(=O)(=O)c1cccs1. The first-order valence-corrected chi connectivity index (χ1v) is 16.2. The summed E-state index contributed by atoms with van der Waals surface area (Å²) < 4.78 is 39.4. The summed E-state index contributed by atoms with van der Waals surface area (Å²) in [6, 6.07) is 16.0.